The lowest BCUT2D eigenvalue weighted by atomic mass is 10.1. The van der Waals surface area contributed by atoms with Crippen molar-refractivity contribution >= 4 is 38.0 Å². The van der Waals surface area contributed by atoms with Gasteiger partial charge in [0.1, 0.15) is 17.1 Å². The fraction of sp³-hybridized carbons (Fsp3) is 0.158. The number of rotatable bonds is 5. The van der Waals surface area contributed by atoms with Crippen LogP contribution in [0.25, 0.3) is 10.8 Å². The van der Waals surface area contributed by atoms with E-state index in [0.29, 0.717) is 27.9 Å². The number of hydrogen-bond donors (Lipinski definition) is 3. The molecule has 146 valence electrons. The lowest BCUT2D eigenvalue weighted by Gasteiger charge is -2.11. The van der Waals surface area contributed by atoms with Crippen LogP contribution in [0.15, 0.2) is 57.6 Å². The number of aryl methyl sites for hydroxylation is 1. The molecule has 0 fully saturated rings. The van der Waals surface area contributed by atoms with Crippen LogP contribution < -0.4 is 10.1 Å². The Morgan fingerprint density at radius 2 is 1.71 bits per heavy atom. The number of azo groups is 1. The number of fused-ring (bicyclic) bond motifs is 1. The molecule has 0 saturated heterocycles. The fourth-order valence-corrected chi connectivity index (χ4v) is 3.35. The van der Waals surface area contributed by atoms with E-state index in [1.165, 1.54) is 25.3 Å². The minimum absolute atomic E-state index is 0.168. The van der Waals surface area contributed by atoms with Crippen LogP contribution >= 0.6 is 0 Å². The standard InChI is InChI=1S/C19H19N3O5S/c1-11-4-6-14(17(8-11)27-3)21-22-15-7-5-12-9-13(28(24,25)26)10-16(20-2)18(12)19(15)23/h4-10,20,23H,1-3H3,(H,24,25,26). The van der Waals surface area contributed by atoms with E-state index in [0.717, 1.165) is 5.56 Å². The zero-order valence-electron chi connectivity index (χ0n) is 15.5. The van der Waals surface area contributed by atoms with Gasteiger partial charge in [0.2, 0.25) is 0 Å². The van der Waals surface area contributed by atoms with Crippen LogP contribution in [0.2, 0.25) is 0 Å². The lowest BCUT2D eigenvalue weighted by molar-refractivity contribution is 0.415. The van der Waals surface area contributed by atoms with Crippen LogP contribution in [0.4, 0.5) is 17.1 Å². The number of nitrogens with one attached hydrogen (secondary N) is 1. The number of benzene rings is 3. The van der Waals surface area contributed by atoms with E-state index in [2.05, 4.69) is 15.5 Å². The molecule has 3 aromatic rings. The normalized spacial score (nSPS) is 11.9. The van der Waals surface area contributed by atoms with Crippen molar-refractivity contribution < 1.29 is 22.8 Å². The van der Waals surface area contributed by atoms with Gasteiger partial charge in [0.05, 0.1) is 12.0 Å². The smallest absolute Gasteiger partial charge is 0.294 e. The Morgan fingerprint density at radius 1 is 1.04 bits per heavy atom. The number of nitrogens with zero attached hydrogens (tertiary/aromatic N) is 2. The van der Waals surface area contributed by atoms with Crippen LogP contribution in [-0.4, -0.2) is 32.2 Å². The maximum atomic E-state index is 11.5. The van der Waals surface area contributed by atoms with E-state index < -0.39 is 10.1 Å². The first-order chi connectivity index (χ1) is 13.2. The minimum Gasteiger partial charge on any atom is -0.505 e. The number of anilines is 1. The van der Waals surface area contributed by atoms with Crippen molar-refractivity contribution in [1.82, 2.24) is 0 Å². The highest BCUT2D eigenvalue weighted by Gasteiger charge is 2.17. The van der Waals surface area contributed by atoms with Gasteiger partial charge in [0.25, 0.3) is 10.1 Å². The summed E-state index contributed by atoms with van der Waals surface area (Å²) in [7, 11) is -1.27. The Bertz CT molecular complexity index is 1190. The summed E-state index contributed by atoms with van der Waals surface area (Å²) in [5.74, 6) is 0.385. The molecule has 0 radical (unpaired) electrons. The quantitative estimate of drug-likeness (QED) is 0.425. The first kappa shape index (κ1) is 19.6. The predicted molar refractivity (Wildman–Crippen MR) is 107 cm³/mol. The molecule has 0 heterocycles. The molecule has 0 aliphatic heterocycles. The molecule has 0 aliphatic rings. The molecule has 0 atom stereocenters. The van der Waals surface area contributed by atoms with Crippen molar-refractivity contribution in [2.75, 3.05) is 19.5 Å². The first-order valence-electron chi connectivity index (χ1n) is 8.26. The summed E-state index contributed by atoms with van der Waals surface area (Å²) in [6.45, 7) is 1.93. The monoisotopic (exact) mass is 401 g/mol. The van der Waals surface area contributed by atoms with E-state index in [1.807, 2.05) is 19.1 Å². The van der Waals surface area contributed by atoms with Crippen LogP contribution in [0.1, 0.15) is 5.56 Å². The number of aromatic hydroxyl groups is 1. The largest absolute Gasteiger partial charge is 0.505 e. The third-order valence-corrected chi connectivity index (χ3v) is 5.04. The lowest BCUT2D eigenvalue weighted by Crippen LogP contribution is -2.00. The summed E-state index contributed by atoms with van der Waals surface area (Å²) in [6.07, 6.45) is 0. The van der Waals surface area contributed by atoms with Crippen molar-refractivity contribution in [3.05, 3.63) is 48.0 Å². The van der Waals surface area contributed by atoms with Gasteiger partial charge in [-0.2, -0.15) is 8.42 Å². The van der Waals surface area contributed by atoms with Gasteiger partial charge in [-0.05, 0) is 48.2 Å². The summed E-state index contributed by atoms with van der Waals surface area (Å²) in [4.78, 5) is -0.275. The Hall–Kier alpha value is -3.17. The van der Waals surface area contributed by atoms with Crippen molar-refractivity contribution in [1.29, 1.82) is 0 Å². The second-order valence-corrected chi connectivity index (χ2v) is 7.52. The van der Waals surface area contributed by atoms with E-state index >= 15 is 0 Å². The van der Waals surface area contributed by atoms with Gasteiger partial charge < -0.3 is 15.2 Å². The number of phenolic OH excluding ortho intramolecular Hbond substituents is 1. The molecule has 0 saturated carbocycles. The fourth-order valence-electron chi connectivity index (χ4n) is 2.81. The van der Waals surface area contributed by atoms with Crippen molar-refractivity contribution in [3.8, 4) is 11.5 Å². The molecule has 3 N–H and O–H groups in total. The molecule has 0 aliphatic carbocycles. The molecule has 8 nitrogen and oxygen atoms in total. The van der Waals surface area contributed by atoms with Gasteiger partial charge in [-0.3, -0.25) is 4.55 Å². The van der Waals surface area contributed by atoms with Crippen LogP contribution in [0.5, 0.6) is 11.5 Å². The van der Waals surface area contributed by atoms with Gasteiger partial charge in [0.15, 0.2) is 5.75 Å². The van der Waals surface area contributed by atoms with E-state index in [4.69, 9.17) is 4.74 Å². The van der Waals surface area contributed by atoms with E-state index in [9.17, 15) is 18.1 Å². The third-order valence-electron chi connectivity index (χ3n) is 4.21. The average Bonchev–Trinajstić information content (AvgIpc) is 2.66. The molecular formula is C19H19N3O5S. The molecule has 9 heteroatoms. The molecule has 0 aromatic heterocycles. The Kier molecular flexibility index (Phi) is 5.21. The Labute approximate surface area is 162 Å². The minimum atomic E-state index is -4.38. The molecule has 0 unspecified atom stereocenters. The summed E-state index contributed by atoms with van der Waals surface area (Å²) >= 11 is 0. The summed E-state index contributed by atoms with van der Waals surface area (Å²) in [5, 5.41) is 22.5. The zero-order chi connectivity index (χ0) is 20.5. The van der Waals surface area contributed by atoms with Gasteiger partial charge in [-0.25, -0.2) is 0 Å². The average molecular weight is 401 g/mol. The predicted octanol–water partition coefficient (Wildman–Crippen LogP) is 4.57. The van der Waals surface area contributed by atoms with Crippen molar-refractivity contribution in [2.24, 2.45) is 10.2 Å². The van der Waals surface area contributed by atoms with Gasteiger partial charge in [-0.1, -0.05) is 12.1 Å². The second kappa shape index (κ2) is 7.45. The van der Waals surface area contributed by atoms with Crippen molar-refractivity contribution in [3.63, 3.8) is 0 Å². The molecule has 3 aromatic carbocycles. The van der Waals surface area contributed by atoms with Crippen molar-refractivity contribution in [2.45, 2.75) is 11.8 Å². The second-order valence-electron chi connectivity index (χ2n) is 6.10. The van der Waals surface area contributed by atoms with Crippen LogP contribution in [-0.2, 0) is 10.1 Å². The Balaban J connectivity index is 2.13. The van der Waals surface area contributed by atoms with Crippen LogP contribution in [0.3, 0.4) is 0 Å². The first-order valence-corrected chi connectivity index (χ1v) is 9.70. The maximum Gasteiger partial charge on any atom is 0.294 e. The number of methoxy groups -OCH3 is 1. The highest BCUT2D eigenvalue weighted by Crippen LogP contribution is 2.41. The number of hydrogen-bond acceptors (Lipinski definition) is 7. The molecule has 28 heavy (non-hydrogen) atoms. The highest BCUT2D eigenvalue weighted by atomic mass is 32.2. The summed E-state index contributed by atoms with van der Waals surface area (Å²) < 4.78 is 37.5. The molecular weight excluding hydrogens is 382 g/mol. The Morgan fingerprint density at radius 3 is 2.36 bits per heavy atom. The van der Waals surface area contributed by atoms with E-state index in [1.54, 1.807) is 19.2 Å². The highest BCUT2D eigenvalue weighted by molar-refractivity contribution is 7.85. The number of phenols is 1. The van der Waals surface area contributed by atoms with Gasteiger partial charge >= 0.3 is 0 Å². The molecule has 0 bridgehead atoms. The van der Waals surface area contributed by atoms with E-state index in [-0.39, 0.29) is 16.3 Å². The van der Waals surface area contributed by atoms with Gasteiger partial charge in [0, 0.05) is 18.1 Å². The molecule has 0 spiro atoms. The zero-order valence-corrected chi connectivity index (χ0v) is 16.3. The van der Waals surface area contributed by atoms with Crippen LogP contribution in [0, 0.1) is 6.92 Å². The number of ether oxygens (including phenoxy) is 1. The topological polar surface area (TPSA) is 121 Å². The SMILES string of the molecule is CNc1cc(S(=O)(=O)O)cc2ccc(N=Nc3ccc(C)cc3OC)c(O)c12. The molecule has 0 amide bonds. The summed E-state index contributed by atoms with van der Waals surface area (Å²) in [6, 6.07) is 11.1. The maximum absolute atomic E-state index is 11.5. The van der Waals surface area contributed by atoms with Gasteiger partial charge in [-0.15, -0.1) is 10.2 Å². The third kappa shape index (κ3) is 3.75. The summed E-state index contributed by atoms with van der Waals surface area (Å²) in [5.41, 5.74) is 2.04. The molecule has 3 rings (SSSR count).